The Morgan fingerprint density at radius 2 is 0.765 bits per heavy atom. The molecule has 0 saturated carbocycles. The second-order valence-electron chi connectivity index (χ2n) is 22.2. The predicted molar refractivity (Wildman–Crippen MR) is 319 cm³/mol. The van der Waals surface area contributed by atoms with Crippen molar-refractivity contribution in [2.75, 3.05) is 92.1 Å². The number of carbonyl (C=O) groups is 8. The van der Waals surface area contributed by atoms with Gasteiger partial charge in [0.1, 0.15) is 6.04 Å². The number of hydrogen-bond acceptors (Lipinski definition) is 12. The van der Waals surface area contributed by atoms with E-state index in [4.69, 9.17) is 18.9 Å². The Hall–Kier alpha value is -4.20. The van der Waals surface area contributed by atoms with Gasteiger partial charge in [-0.1, -0.05) is 182 Å². The highest BCUT2D eigenvalue weighted by molar-refractivity contribution is 6.03. The SMILES string of the molecule is CCCCCCCCCCCCCCCC(=O)NCCOCCNC(=O)CC[C@H](NC(=O)CCOCCOCCNC(=O)CCN1C(=O)CC(C(C)C)C1=O)C(=O)NCCOCCNC(=O)CCCCCCCCCCCCCCC. The molecular formula is C62H115N7O12. The highest BCUT2D eigenvalue weighted by Gasteiger charge is 2.39. The third-order valence-corrected chi connectivity index (χ3v) is 14.6. The molecule has 0 aromatic heterocycles. The molecule has 0 bridgehead atoms. The fourth-order valence-electron chi connectivity index (χ4n) is 9.56. The zero-order chi connectivity index (χ0) is 59.2. The van der Waals surface area contributed by atoms with E-state index in [2.05, 4.69) is 45.7 Å². The monoisotopic (exact) mass is 1150 g/mol. The van der Waals surface area contributed by atoms with Crippen LogP contribution in [0, 0.1) is 11.8 Å². The molecule has 81 heavy (non-hydrogen) atoms. The summed E-state index contributed by atoms with van der Waals surface area (Å²) >= 11 is 0. The summed E-state index contributed by atoms with van der Waals surface area (Å²) in [6, 6.07) is -1.00. The molecule has 19 nitrogen and oxygen atoms in total. The average molecular weight is 1150 g/mol. The number of rotatable bonds is 58. The Morgan fingerprint density at radius 1 is 0.420 bits per heavy atom. The molecule has 0 spiro atoms. The van der Waals surface area contributed by atoms with Crippen molar-refractivity contribution in [3.63, 3.8) is 0 Å². The van der Waals surface area contributed by atoms with Crippen LogP contribution in [0.2, 0.25) is 0 Å². The molecule has 19 heteroatoms. The maximum absolute atomic E-state index is 13.3. The van der Waals surface area contributed by atoms with Gasteiger partial charge in [0.2, 0.25) is 47.3 Å². The number of imide groups is 1. The summed E-state index contributed by atoms with van der Waals surface area (Å²) in [6.45, 7) is 11.4. The van der Waals surface area contributed by atoms with Gasteiger partial charge in [-0.3, -0.25) is 43.3 Å². The van der Waals surface area contributed by atoms with E-state index in [9.17, 15) is 38.4 Å². The van der Waals surface area contributed by atoms with Crippen molar-refractivity contribution in [1.29, 1.82) is 0 Å². The maximum Gasteiger partial charge on any atom is 0.242 e. The molecule has 8 amide bonds. The molecule has 0 aromatic carbocycles. The molecule has 2 atom stereocenters. The maximum atomic E-state index is 13.3. The van der Waals surface area contributed by atoms with Gasteiger partial charge in [0, 0.05) is 83.7 Å². The molecule has 470 valence electrons. The summed E-state index contributed by atoms with van der Waals surface area (Å²) in [5, 5.41) is 16.8. The van der Waals surface area contributed by atoms with Crippen molar-refractivity contribution in [3.05, 3.63) is 0 Å². The van der Waals surface area contributed by atoms with E-state index in [1.807, 2.05) is 13.8 Å². The van der Waals surface area contributed by atoms with Crippen LogP contribution >= 0.6 is 0 Å². The van der Waals surface area contributed by atoms with E-state index in [-0.39, 0.29) is 152 Å². The van der Waals surface area contributed by atoms with Gasteiger partial charge in [-0.25, -0.2) is 0 Å². The first kappa shape index (κ1) is 74.8. The second kappa shape index (κ2) is 53.8. The van der Waals surface area contributed by atoms with E-state index in [1.165, 1.54) is 140 Å². The van der Waals surface area contributed by atoms with Crippen molar-refractivity contribution in [2.45, 2.75) is 246 Å². The van der Waals surface area contributed by atoms with E-state index in [0.29, 0.717) is 32.5 Å². The minimum Gasteiger partial charge on any atom is -0.379 e. The minimum atomic E-state index is -1.00. The summed E-state index contributed by atoms with van der Waals surface area (Å²) in [6.07, 6.45) is 33.8. The summed E-state index contributed by atoms with van der Waals surface area (Å²) in [5.74, 6) is -2.24. The smallest absolute Gasteiger partial charge is 0.242 e. The van der Waals surface area contributed by atoms with Gasteiger partial charge in [0.15, 0.2) is 0 Å². The zero-order valence-electron chi connectivity index (χ0n) is 51.3. The van der Waals surface area contributed by atoms with Gasteiger partial charge in [-0.2, -0.15) is 0 Å². The number of nitrogens with zero attached hydrogens (tertiary/aromatic N) is 1. The standard InChI is InChI=1S/C62H115N7O12/c1-5-7-9-11-13-15-17-19-21-23-25-27-29-31-55(70)63-37-44-79-46-39-65-57(72)34-33-54(61(76)67-41-48-80-45-38-64-56(71)32-30-28-26-24-22-20-18-16-14-12-10-8-6-2)68-59(74)36-43-78-49-50-81-47-40-66-58(73)35-42-69-60(75)51-53(52(3)4)62(69)77/h52-54H,5-51H2,1-4H3,(H,63,70)(H,64,71)(H,65,72)(H,66,73)(H,67,76)(H,68,74)/t53?,54-/m0/s1. The normalized spacial score (nSPS) is 13.6. The molecule has 0 radical (unpaired) electrons. The third-order valence-electron chi connectivity index (χ3n) is 14.6. The van der Waals surface area contributed by atoms with Crippen LogP contribution < -0.4 is 31.9 Å². The van der Waals surface area contributed by atoms with Crippen LogP contribution in [0.15, 0.2) is 0 Å². The lowest BCUT2D eigenvalue weighted by molar-refractivity contribution is -0.140. The fourth-order valence-corrected chi connectivity index (χ4v) is 9.56. The lowest BCUT2D eigenvalue weighted by Gasteiger charge is -2.19. The largest absolute Gasteiger partial charge is 0.379 e. The molecule has 6 N–H and O–H groups in total. The van der Waals surface area contributed by atoms with Gasteiger partial charge in [-0.05, 0) is 25.2 Å². The molecule has 1 fully saturated rings. The zero-order valence-corrected chi connectivity index (χ0v) is 51.3. The molecule has 1 aliphatic heterocycles. The number of likely N-dealkylation sites (tertiary alicyclic amines) is 1. The van der Waals surface area contributed by atoms with Gasteiger partial charge in [0.25, 0.3) is 0 Å². The number of amides is 8. The molecule has 0 aromatic rings. The lowest BCUT2D eigenvalue weighted by Crippen LogP contribution is -2.48. The van der Waals surface area contributed by atoms with E-state index >= 15 is 0 Å². The lowest BCUT2D eigenvalue weighted by atomic mass is 9.94. The van der Waals surface area contributed by atoms with E-state index in [1.54, 1.807) is 0 Å². The predicted octanol–water partition coefficient (Wildman–Crippen LogP) is 8.67. The average Bonchev–Trinajstić information content (AvgIpc) is 3.74. The number of hydrogen-bond donors (Lipinski definition) is 6. The Balaban J connectivity index is 2.34. The molecule has 1 rings (SSSR count). The summed E-state index contributed by atoms with van der Waals surface area (Å²) in [4.78, 5) is 102. The highest BCUT2D eigenvalue weighted by atomic mass is 16.5. The van der Waals surface area contributed by atoms with Crippen LogP contribution in [-0.4, -0.2) is 150 Å². The first-order valence-corrected chi connectivity index (χ1v) is 32.2. The second-order valence-corrected chi connectivity index (χ2v) is 22.2. The number of unbranched alkanes of at least 4 members (excludes halogenated alkanes) is 24. The number of ether oxygens (including phenoxy) is 4. The van der Waals surface area contributed by atoms with Crippen molar-refractivity contribution in [1.82, 2.24) is 36.8 Å². The van der Waals surface area contributed by atoms with Crippen LogP contribution in [-0.2, 0) is 57.3 Å². The van der Waals surface area contributed by atoms with Gasteiger partial charge < -0.3 is 50.8 Å². The Labute approximate surface area is 489 Å². The number of carbonyl (C=O) groups excluding carboxylic acids is 8. The van der Waals surface area contributed by atoms with Crippen LogP contribution in [0.3, 0.4) is 0 Å². The van der Waals surface area contributed by atoms with Crippen LogP contribution in [0.5, 0.6) is 0 Å². The molecular weight excluding hydrogens is 1030 g/mol. The molecule has 1 saturated heterocycles. The Kier molecular flexibility index (Phi) is 49.7. The molecule has 0 aliphatic carbocycles. The first-order chi connectivity index (χ1) is 39.4. The Morgan fingerprint density at radius 3 is 1.16 bits per heavy atom. The molecule has 1 heterocycles. The number of nitrogens with one attached hydrogen (secondary N) is 6. The van der Waals surface area contributed by atoms with Crippen molar-refractivity contribution in [3.8, 4) is 0 Å². The quantitative estimate of drug-likeness (QED) is 0.0247. The Bertz CT molecular complexity index is 1660. The van der Waals surface area contributed by atoms with Gasteiger partial charge in [-0.15, -0.1) is 0 Å². The summed E-state index contributed by atoms with van der Waals surface area (Å²) in [5.41, 5.74) is 0. The third kappa shape index (κ3) is 45.0. The van der Waals surface area contributed by atoms with E-state index < -0.39 is 17.9 Å². The highest BCUT2D eigenvalue weighted by Crippen LogP contribution is 2.26. The van der Waals surface area contributed by atoms with Crippen LogP contribution in [0.4, 0.5) is 0 Å². The molecule has 1 unspecified atom stereocenters. The van der Waals surface area contributed by atoms with Crippen LogP contribution in [0.1, 0.15) is 240 Å². The van der Waals surface area contributed by atoms with Crippen LogP contribution in [0.25, 0.3) is 0 Å². The van der Waals surface area contributed by atoms with E-state index in [0.717, 1.165) is 32.1 Å². The van der Waals surface area contributed by atoms with Gasteiger partial charge in [0.05, 0.1) is 52.9 Å². The van der Waals surface area contributed by atoms with Crippen molar-refractivity contribution >= 4 is 47.3 Å². The summed E-state index contributed by atoms with van der Waals surface area (Å²) in [7, 11) is 0. The summed E-state index contributed by atoms with van der Waals surface area (Å²) < 4.78 is 22.3. The van der Waals surface area contributed by atoms with Crippen molar-refractivity contribution < 1.29 is 57.3 Å². The van der Waals surface area contributed by atoms with Crippen molar-refractivity contribution in [2.24, 2.45) is 11.8 Å². The first-order valence-electron chi connectivity index (χ1n) is 32.2. The minimum absolute atomic E-state index is 0.00332. The molecule has 1 aliphatic rings. The van der Waals surface area contributed by atoms with Gasteiger partial charge >= 0.3 is 0 Å². The fraction of sp³-hybridized carbons (Fsp3) is 0.871. The topological polar surface area (TPSA) is 249 Å².